The summed E-state index contributed by atoms with van der Waals surface area (Å²) in [6.07, 6.45) is 9.95. The molecule has 0 aromatic carbocycles. The van der Waals surface area contributed by atoms with Crippen LogP contribution in [0.5, 0.6) is 0 Å². The fourth-order valence-corrected chi connectivity index (χ4v) is 3.19. The Morgan fingerprint density at radius 2 is 2.11 bits per heavy atom. The quantitative estimate of drug-likeness (QED) is 0.701. The van der Waals surface area contributed by atoms with Crippen LogP contribution in [0.2, 0.25) is 0 Å². The fourth-order valence-electron chi connectivity index (χ4n) is 3.19. The third-order valence-electron chi connectivity index (χ3n) is 4.72. The van der Waals surface area contributed by atoms with Crippen LogP contribution in [0.4, 0.5) is 5.82 Å². The molecule has 1 aliphatic heterocycles. The predicted octanol–water partition coefficient (Wildman–Crippen LogP) is 2.78. The fraction of sp³-hybridized carbons (Fsp3) is 0.200. The Morgan fingerprint density at radius 1 is 1.30 bits per heavy atom. The zero-order chi connectivity index (χ0) is 18.4. The van der Waals surface area contributed by atoms with Crippen molar-refractivity contribution in [3.05, 3.63) is 60.2 Å². The van der Waals surface area contributed by atoms with Crippen molar-refractivity contribution in [3.63, 3.8) is 0 Å². The number of hydrogen-bond donors (Lipinski definition) is 2. The summed E-state index contributed by atoms with van der Waals surface area (Å²) in [5, 5.41) is 10.8. The summed E-state index contributed by atoms with van der Waals surface area (Å²) in [5.41, 5.74) is 4.73. The van der Waals surface area contributed by atoms with Crippen LogP contribution in [0.1, 0.15) is 24.8 Å². The van der Waals surface area contributed by atoms with Crippen LogP contribution < -0.4 is 10.6 Å². The van der Waals surface area contributed by atoms with Gasteiger partial charge >= 0.3 is 0 Å². The Hall–Kier alpha value is -3.48. The first kappa shape index (κ1) is 15.7. The second-order valence-corrected chi connectivity index (χ2v) is 6.92. The van der Waals surface area contributed by atoms with Crippen LogP contribution in [0.3, 0.4) is 0 Å². The molecule has 2 N–H and O–H groups in total. The Kier molecular flexibility index (Phi) is 3.53. The molecule has 0 spiro atoms. The first-order chi connectivity index (χ1) is 13.2. The molecule has 7 heteroatoms. The molecule has 1 saturated heterocycles. The van der Waals surface area contributed by atoms with Crippen LogP contribution in [0.25, 0.3) is 23.0 Å². The molecule has 2 aliphatic rings. The molecule has 1 amide bonds. The number of carbonyl (C=O) groups is 1. The van der Waals surface area contributed by atoms with Crippen molar-refractivity contribution in [2.75, 3.05) is 5.32 Å². The second kappa shape index (κ2) is 6.05. The van der Waals surface area contributed by atoms with E-state index in [1.54, 1.807) is 23.1 Å². The molecule has 0 bridgehead atoms. The minimum atomic E-state index is -0.110. The predicted molar refractivity (Wildman–Crippen MR) is 103 cm³/mol. The standard InChI is InChI=1S/C20H18N6O/c1-12-8-14(20(27)23-12)9-15-11-22-26-18(24-16-2-3-16)10-17(25-19(15)26)13-4-6-21-7-5-13/h4-7,9-11,16,24H,1-3,8H2,(H,23,27)/b14-9+. The highest BCUT2D eigenvalue weighted by molar-refractivity contribution is 6.02. The van der Waals surface area contributed by atoms with E-state index in [0.717, 1.165) is 35.5 Å². The molecule has 3 aromatic heterocycles. The van der Waals surface area contributed by atoms with Gasteiger partial charge < -0.3 is 10.6 Å². The highest BCUT2D eigenvalue weighted by Gasteiger charge is 2.24. The van der Waals surface area contributed by atoms with Crippen LogP contribution in [0.15, 0.2) is 54.6 Å². The van der Waals surface area contributed by atoms with Gasteiger partial charge in [-0.3, -0.25) is 9.78 Å². The average Bonchev–Trinajstić information content (AvgIpc) is 3.31. The molecule has 4 heterocycles. The summed E-state index contributed by atoms with van der Waals surface area (Å²) in [7, 11) is 0. The summed E-state index contributed by atoms with van der Waals surface area (Å²) in [6, 6.07) is 6.36. The number of pyridine rings is 1. The van der Waals surface area contributed by atoms with Gasteiger partial charge in [0.15, 0.2) is 5.65 Å². The summed E-state index contributed by atoms with van der Waals surface area (Å²) < 4.78 is 1.80. The number of hydrogen-bond acceptors (Lipinski definition) is 5. The maximum atomic E-state index is 12.0. The molecule has 3 aromatic rings. The topological polar surface area (TPSA) is 84.2 Å². The van der Waals surface area contributed by atoms with Gasteiger partial charge in [0.2, 0.25) is 0 Å². The van der Waals surface area contributed by atoms with Gasteiger partial charge in [-0.15, -0.1) is 0 Å². The number of nitrogens with zero attached hydrogens (tertiary/aromatic N) is 4. The molecule has 134 valence electrons. The SMILES string of the molecule is C=C1C/C(=C\c2cnn3c(NC4CC4)cc(-c4ccncc4)nc23)C(=O)N1. The lowest BCUT2D eigenvalue weighted by molar-refractivity contribution is -0.115. The molecular weight excluding hydrogens is 340 g/mol. The summed E-state index contributed by atoms with van der Waals surface area (Å²) in [6.45, 7) is 3.83. The summed E-state index contributed by atoms with van der Waals surface area (Å²) in [5.74, 6) is 0.792. The van der Waals surface area contributed by atoms with Gasteiger partial charge in [0.05, 0.1) is 11.9 Å². The number of anilines is 1. The van der Waals surface area contributed by atoms with E-state index >= 15 is 0 Å². The number of nitrogens with one attached hydrogen (secondary N) is 2. The monoisotopic (exact) mass is 358 g/mol. The minimum absolute atomic E-state index is 0.110. The molecular formula is C20H18N6O. The molecule has 0 atom stereocenters. The third-order valence-corrected chi connectivity index (χ3v) is 4.72. The molecule has 2 fully saturated rings. The maximum Gasteiger partial charge on any atom is 0.251 e. The highest BCUT2D eigenvalue weighted by Crippen LogP contribution is 2.29. The first-order valence-electron chi connectivity index (χ1n) is 8.93. The van der Waals surface area contributed by atoms with Gasteiger partial charge in [-0.1, -0.05) is 6.58 Å². The van der Waals surface area contributed by atoms with Gasteiger partial charge in [0.1, 0.15) is 5.82 Å². The highest BCUT2D eigenvalue weighted by atomic mass is 16.2. The number of allylic oxidation sites excluding steroid dienone is 1. The molecule has 0 radical (unpaired) electrons. The van der Waals surface area contributed by atoms with Gasteiger partial charge in [0.25, 0.3) is 5.91 Å². The lowest BCUT2D eigenvalue weighted by atomic mass is 10.1. The number of rotatable bonds is 4. The van der Waals surface area contributed by atoms with Gasteiger partial charge in [0, 0.05) is 53.3 Å². The molecule has 1 aliphatic carbocycles. The second-order valence-electron chi connectivity index (χ2n) is 6.92. The smallest absolute Gasteiger partial charge is 0.251 e. The Morgan fingerprint density at radius 3 is 2.81 bits per heavy atom. The van der Waals surface area contributed by atoms with Crippen molar-refractivity contribution in [1.29, 1.82) is 0 Å². The lowest BCUT2D eigenvalue weighted by Gasteiger charge is -2.10. The normalized spacial score (nSPS) is 18.3. The van der Waals surface area contributed by atoms with Crippen molar-refractivity contribution >= 4 is 23.4 Å². The number of aromatic nitrogens is 4. The van der Waals surface area contributed by atoms with Crippen molar-refractivity contribution in [1.82, 2.24) is 24.9 Å². The van der Waals surface area contributed by atoms with E-state index in [1.807, 2.05) is 24.3 Å². The number of fused-ring (bicyclic) bond motifs is 1. The number of carbonyl (C=O) groups excluding carboxylic acids is 1. The van der Waals surface area contributed by atoms with E-state index in [9.17, 15) is 4.79 Å². The van der Waals surface area contributed by atoms with Crippen molar-refractivity contribution in [2.24, 2.45) is 0 Å². The van der Waals surface area contributed by atoms with Crippen molar-refractivity contribution in [3.8, 4) is 11.3 Å². The van der Waals surface area contributed by atoms with E-state index in [1.165, 1.54) is 0 Å². The Labute approximate surface area is 155 Å². The number of amides is 1. The van der Waals surface area contributed by atoms with Crippen LogP contribution in [0, 0.1) is 0 Å². The zero-order valence-corrected chi connectivity index (χ0v) is 14.6. The van der Waals surface area contributed by atoms with E-state index < -0.39 is 0 Å². The molecule has 5 rings (SSSR count). The zero-order valence-electron chi connectivity index (χ0n) is 14.6. The molecule has 0 unspecified atom stereocenters. The third kappa shape index (κ3) is 2.97. The van der Waals surface area contributed by atoms with E-state index in [2.05, 4.69) is 27.3 Å². The van der Waals surface area contributed by atoms with Crippen LogP contribution in [-0.2, 0) is 4.79 Å². The Bertz CT molecular complexity index is 1090. The average molecular weight is 358 g/mol. The molecule has 7 nitrogen and oxygen atoms in total. The van der Waals surface area contributed by atoms with Gasteiger partial charge in [-0.25, -0.2) is 4.98 Å². The molecule has 1 saturated carbocycles. The van der Waals surface area contributed by atoms with E-state index in [0.29, 0.717) is 29.4 Å². The minimum Gasteiger partial charge on any atom is -0.367 e. The van der Waals surface area contributed by atoms with Crippen molar-refractivity contribution < 1.29 is 4.79 Å². The maximum absolute atomic E-state index is 12.0. The van der Waals surface area contributed by atoms with Crippen molar-refractivity contribution in [2.45, 2.75) is 25.3 Å². The van der Waals surface area contributed by atoms with Gasteiger partial charge in [-0.05, 0) is 31.1 Å². The summed E-state index contributed by atoms with van der Waals surface area (Å²) >= 11 is 0. The summed E-state index contributed by atoms with van der Waals surface area (Å²) in [4.78, 5) is 20.9. The van der Waals surface area contributed by atoms with E-state index in [4.69, 9.17) is 4.98 Å². The Balaban J connectivity index is 1.66. The largest absolute Gasteiger partial charge is 0.367 e. The van der Waals surface area contributed by atoms with E-state index in [-0.39, 0.29) is 5.91 Å². The molecule has 27 heavy (non-hydrogen) atoms. The van der Waals surface area contributed by atoms with Gasteiger partial charge in [-0.2, -0.15) is 9.61 Å². The first-order valence-corrected chi connectivity index (χ1v) is 8.93. The van der Waals surface area contributed by atoms with Crippen LogP contribution in [-0.4, -0.2) is 31.5 Å². The lowest BCUT2D eigenvalue weighted by Crippen LogP contribution is -2.12. The van der Waals surface area contributed by atoms with Crippen LogP contribution >= 0.6 is 0 Å².